The van der Waals surface area contributed by atoms with E-state index in [9.17, 15) is 4.79 Å². The molecule has 2 bridgehead atoms. The maximum Gasteiger partial charge on any atom is 0.410 e. The van der Waals surface area contributed by atoms with Gasteiger partial charge in [-0.25, -0.2) is 18.6 Å². The van der Waals surface area contributed by atoms with Crippen LogP contribution in [0.5, 0.6) is 23.4 Å². The van der Waals surface area contributed by atoms with Crippen LogP contribution < -0.4 is 28.7 Å². The van der Waals surface area contributed by atoms with Crippen LogP contribution in [0.1, 0.15) is 88.8 Å². The number of carbonyl (C=O) groups excluding carboxylic acids is 1. The first-order chi connectivity index (χ1) is 33.8. The largest absolute Gasteiger partial charge is 0.497 e. The molecule has 5 aromatic rings. The van der Waals surface area contributed by atoms with Crippen LogP contribution >= 0.6 is 22.6 Å². The van der Waals surface area contributed by atoms with E-state index in [1.807, 2.05) is 86.0 Å². The predicted octanol–water partition coefficient (Wildman–Crippen LogP) is 9.66. The fraction of sp³-hybridized carbons (Fsp3) is 0.509. The van der Waals surface area contributed by atoms with Gasteiger partial charge < -0.3 is 38.2 Å². The van der Waals surface area contributed by atoms with Gasteiger partial charge in [-0.05, 0) is 136 Å². The van der Waals surface area contributed by atoms with Crippen LogP contribution in [0.25, 0.3) is 22.2 Å². The Morgan fingerprint density at radius 2 is 1.57 bits per heavy atom. The number of amides is 1. The molecular weight excluding hydrogens is 1010 g/mol. The number of piperazine rings is 1. The molecule has 1 aliphatic carbocycles. The number of rotatable bonds is 12. The quantitative estimate of drug-likeness (QED) is 0.110. The molecule has 0 N–H and O–H groups in total. The number of nitrogens with zero attached hydrogens (tertiary/aromatic N) is 7. The Labute approximate surface area is 421 Å². The third kappa shape index (κ3) is 8.81. The number of methoxy groups -OCH3 is 2. The van der Waals surface area contributed by atoms with E-state index in [1.54, 1.807) is 20.3 Å². The van der Waals surface area contributed by atoms with Crippen LogP contribution in [-0.2, 0) is 22.6 Å². The SMILES string of the molecule is COc1ccc(CN(Cc2ccc(OC)cc2)c2cc(-c3nc4c5c(nc(OC[C@@H]6CC[C@H]7COCCN76)nc5c3F)N3C[C@H]5CC[C@@H]([C@H]3[C@H](C)O4)N5C(=O)OC(C)(C)C)c(I)c(C3CC3)c2F)cc1. The van der Waals surface area contributed by atoms with Crippen LogP contribution in [0.15, 0.2) is 54.6 Å². The number of ether oxygens (including phenoxy) is 6. The summed E-state index contributed by atoms with van der Waals surface area (Å²) in [5, 5.41) is 0.336. The van der Waals surface area contributed by atoms with Crippen molar-refractivity contribution in [2.45, 2.75) is 127 Å². The van der Waals surface area contributed by atoms with Crippen molar-refractivity contribution in [2.24, 2.45) is 0 Å². The van der Waals surface area contributed by atoms with Crippen LogP contribution in [-0.4, -0.2) is 120 Å². The maximum absolute atomic E-state index is 18.3. The van der Waals surface area contributed by atoms with Crippen molar-refractivity contribution >= 4 is 51.1 Å². The lowest BCUT2D eigenvalue weighted by atomic mass is 9.98. The van der Waals surface area contributed by atoms with Crippen LogP contribution in [0.4, 0.5) is 25.1 Å². The van der Waals surface area contributed by atoms with Crippen molar-refractivity contribution < 1.29 is 42.0 Å². The van der Waals surface area contributed by atoms with Crippen LogP contribution in [0.3, 0.4) is 0 Å². The molecular formula is C53H60F2IN7O7. The zero-order valence-electron chi connectivity index (χ0n) is 40.6. The molecule has 0 spiro atoms. The lowest BCUT2D eigenvalue weighted by molar-refractivity contribution is -0.0101. The van der Waals surface area contributed by atoms with Gasteiger partial charge in [-0.3, -0.25) is 9.80 Å². The second-order valence-corrected chi connectivity index (χ2v) is 21.7. The highest BCUT2D eigenvalue weighted by molar-refractivity contribution is 14.1. The fourth-order valence-electron chi connectivity index (χ4n) is 11.5. The number of morpholine rings is 1. The molecule has 6 atom stereocenters. The third-order valence-corrected chi connectivity index (χ3v) is 16.1. The molecule has 70 heavy (non-hydrogen) atoms. The highest BCUT2D eigenvalue weighted by atomic mass is 127. The summed E-state index contributed by atoms with van der Waals surface area (Å²) in [6.07, 6.45) is 4.17. The molecule has 17 heteroatoms. The molecule has 5 aliphatic heterocycles. The van der Waals surface area contributed by atoms with E-state index in [0.29, 0.717) is 88.6 Å². The Balaban J connectivity index is 1.05. The van der Waals surface area contributed by atoms with Gasteiger partial charge in [-0.2, -0.15) is 9.97 Å². The highest BCUT2D eigenvalue weighted by Gasteiger charge is 2.54. The Morgan fingerprint density at radius 3 is 2.23 bits per heavy atom. The van der Waals surface area contributed by atoms with E-state index in [1.165, 1.54) is 0 Å². The molecule has 7 heterocycles. The summed E-state index contributed by atoms with van der Waals surface area (Å²) in [5.41, 5.74) is 2.50. The summed E-state index contributed by atoms with van der Waals surface area (Å²) in [6.45, 7) is 11.2. The van der Waals surface area contributed by atoms with Gasteiger partial charge in [-0.15, -0.1) is 0 Å². The van der Waals surface area contributed by atoms with Crippen molar-refractivity contribution in [3.63, 3.8) is 0 Å². The normalized spacial score (nSPS) is 23.9. The Bertz CT molecular complexity index is 2750. The van der Waals surface area contributed by atoms with Crippen molar-refractivity contribution in [1.29, 1.82) is 0 Å². The molecule has 14 nitrogen and oxygen atoms in total. The van der Waals surface area contributed by atoms with Gasteiger partial charge in [0.25, 0.3) is 0 Å². The minimum atomic E-state index is -0.682. The number of hydrogen-bond donors (Lipinski definition) is 0. The van der Waals surface area contributed by atoms with Gasteiger partial charge in [0.05, 0.1) is 51.2 Å². The second kappa shape index (κ2) is 18.7. The molecule has 1 amide bonds. The number of benzene rings is 3. The van der Waals surface area contributed by atoms with Gasteiger partial charge in [0.1, 0.15) is 52.2 Å². The summed E-state index contributed by atoms with van der Waals surface area (Å²) < 4.78 is 72.5. The summed E-state index contributed by atoms with van der Waals surface area (Å²) in [5.74, 6) is 1.00. The van der Waals surface area contributed by atoms with E-state index in [0.717, 1.165) is 56.2 Å². The van der Waals surface area contributed by atoms with Gasteiger partial charge in [0.15, 0.2) is 11.6 Å². The number of hydrogen-bond acceptors (Lipinski definition) is 13. The van der Waals surface area contributed by atoms with E-state index in [4.69, 9.17) is 43.4 Å². The van der Waals surface area contributed by atoms with E-state index >= 15 is 8.78 Å². The summed E-state index contributed by atoms with van der Waals surface area (Å²) in [4.78, 5) is 37.5. The predicted molar refractivity (Wildman–Crippen MR) is 269 cm³/mol. The van der Waals surface area contributed by atoms with E-state index < -0.39 is 17.5 Å². The Hall–Kier alpha value is -5.27. The maximum atomic E-state index is 18.3. The molecule has 1 saturated carbocycles. The van der Waals surface area contributed by atoms with Crippen LogP contribution in [0, 0.1) is 15.2 Å². The summed E-state index contributed by atoms with van der Waals surface area (Å²) in [6, 6.07) is 16.9. The van der Waals surface area contributed by atoms with Gasteiger partial charge in [-0.1, -0.05) is 24.3 Å². The van der Waals surface area contributed by atoms with Gasteiger partial charge >= 0.3 is 12.1 Å². The highest BCUT2D eigenvalue weighted by Crippen LogP contribution is 2.51. The number of anilines is 2. The molecule has 0 unspecified atom stereocenters. The minimum absolute atomic E-state index is 0.00424. The first-order valence-corrected chi connectivity index (χ1v) is 25.7. The Kier molecular flexibility index (Phi) is 12.6. The average molecular weight is 1070 g/mol. The molecule has 0 radical (unpaired) electrons. The first-order valence-electron chi connectivity index (χ1n) is 24.6. The number of fused-ring (bicyclic) bond motifs is 6. The smallest absolute Gasteiger partial charge is 0.410 e. The average Bonchev–Trinajstić information content (AvgIpc) is 4.04. The molecule has 2 aromatic heterocycles. The van der Waals surface area contributed by atoms with Crippen molar-refractivity contribution in [2.75, 3.05) is 56.9 Å². The third-order valence-electron chi connectivity index (χ3n) is 14.9. The van der Waals surface area contributed by atoms with Crippen molar-refractivity contribution in [1.82, 2.24) is 24.8 Å². The monoisotopic (exact) mass is 1070 g/mol. The standard InChI is InChI=1S/C53H60F2IN7O7/c1-29-48-39-20-15-33(63(39)52(64)70-53(2,3)4)26-62(48)49-42-47(58-51(59-49)68-28-35-14-13-34-27-67-22-21-61(34)35)44(55)46(57-50(42)69-29)38-23-40(43(54)41(45(38)56)32-11-12-32)60(24-30-7-16-36(65-5)17-8-30)25-31-9-18-37(66-6)19-10-31/h7-10,16-19,23,29,32-35,39,48H,11-15,20-22,24-28H2,1-6H3/t29-,33+,34-,35-,39-,48+/m0/s1. The van der Waals surface area contributed by atoms with Crippen molar-refractivity contribution in [3.05, 3.63) is 86.5 Å². The zero-order valence-corrected chi connectivity index (χ0v) is 42.7. The number of halogens is 3. The fourth-order valence-corrected chi connectivity index (χ4v) is 12.6. The molecule has 370 valence electrons. The van der Waals surface area contributed by atoms with Gasteiger partial charge in [0.2, 0.25) is 5.88 Å². The van der Waals surface area contributed by atoms with Crippen molar-refractivity contribution in [3.8, 4) is 34.6 Å². The Morgan fingerprint density at radius 1 is 0.886 bits per heavy atom. The second-order valence-electron chi connectivity index (χ2n) is 20.6. The number of pyridine rings is 1. The topological polar surface area (TPSA) is 124 Å². The zero-order chi connectivity index (χ0) is 48.6. The van der Waals surface area contributed by atoms with Crippen LogP contribution in [0.2, 0.25) is 0 Å². The first kappa shape index (κ1) is 47.1. The minimum Gasteiger partial charge on any atom is -0.497 e. The summed E-state index contributed by atoms with van der Waals surface area (Å²) >= 11 is 2.18. The lowest BCUT2D eigenvalue weighted by Gasteiger charge is -2.48. The van der Waals surface area contributed by atoms with E-state index in [2.05, 4.69) is 32.4 Å². The van der Waals surface area contributed by atoms with Gasteiger partial charge in [0, 0.05) is 53.0 Å². The lowest BCUT2D eigenvalue weighted by Crippen LogP contribution is -2.65. The molecule has 6 aliphatic rings. The molecule has 5 fully saturated rings. The molecule has 3 aromatic carbocycles. The van der Waals surface area contributed by atoms with E-state index in [-0.39, 0.29) is 65.1 Å². The summed E-state index contributed by atoms with van der Waals surface area (Å²) in [7, 11) is 3.25. The number of aromatic nitrogens is 3. The molecule has 11 rings (SSSR count). The number of carbonyl (C=O) groups is 1. The molecule has 4 saturated heterocycles.